The summed E-state index contributed by atoms with van der Waals surface area (Å²) < 4.78 is 43.9. The van der Waals surface area contributed by atoms with Gasteiger partial charge < -0.3 is 14.7 Å². The predicted octanol–water partition coefficient (Wildman–Crippen LogP) is 1.33. The molecule has 110 valence electrons. The van der Waals surface area contributed by atoms with Gasteiger partial charge in [-0.25, -0.2) is 4.98 Å². The van der Waals surface area contributed by atoms with Crippen LogP contribution in [0, 0.1) is 5.41 Å². The largest absolute Gasteiger partial charge is 0.481 e. The number of halogens is 3. The fraction of sp³-hybridized carbons (Fsp3) is 0.545. The number of nitrogens with zero attached hydrogens (tertiary/aromatic N) is 3. The van der Waals surface area contributed by atoms with Gasteiger partial charge in [-0.3, -0.25) is 4.79 Å². The molecule has 6 nitrogen and oxygen atoms in total. The van der Waals surface area contributed by atoms with Crippen LogP contribution in [0.5, 0.6) is 5.88 Å². The molecule has 1 aliphatic rings. The van der Waals surface area contributed by atoms with Crippen molar-refractivity contribution in [3.63, 3.8) is 0 Å². The van der Waals surface area contributed by atoms with Gasteiger partial charge in [0, 0.05) is 25.4 Å². The Hall–Kier alpha value is -2.06. The highest BCUT2D eigenvalue weighted by molar-refractivity contribution is 5.77. The van der Waals surface area contributed by atoms with E-state index in [0.717, 1.165) is 0 Å². The van der Waals surface area contributed by atoms with E-state index in [9.17, 15) is 18.0 Å². The maximum Gasteiger partial charge on any atom is 0.406 e. The Morgan fingerprint density at radius 2 is 2.25 bits per heavy atom. The first kappa shape index (κ1) is 14.4. The van der Waals surface area contributed by atoms with Crippen LogP contribution in [0.3, 0.4) is 0 Å². The highest BCUT2D eigenvalue weighted by Crippen LogP contribution is 2.46. The first-order valence-corrected chi connectivity index (χ1v) is 5.72. The molecule has 1 unspecified atom stereocenters. The molecule has 1 aromatic heterocycles. The molecule has 0 aliphatic carbocycles. The van der Waals surface area contributed by atoms with Crippen molar-refractivity contribution in [3.8, 4) is 5.88 Å². The molecule has 0 amide bonds. The molecule has 0 bridgehead atoms. The summed E-state index contributed by atoms with van der Waals surface area (Å²) in [7, 11) is 1.37. The van der Waals surface area contributed by atoms with Crippen molar-refractivity contribution in [2.75, 3.05) is 25.1 Å². The number of anilines is 1. The van der Waals surface area contributed by atoms with Crippen molar-refractivity contribution >= 4 is 11.9 Å². The van der Waals surface area contributed by atoms with E-state index in [-0.39, 0.29) is 18.4 Å². The van der Waals surface area contributed by atoms with Gasteiger partial charge in [-0.2, -0.15) is 18.2 Å². The Bertz CT molecular complexity index is 523. The Morgan fingerprint density at radius 1 is 1.55 bits per heavy atom. The van der Waals surface area contributed by atoms with Gasteiger partial charge in [-0.15, -0.1) is 0 Å². The third kappa shape index (κ3) is 2.23. The summed E-state index contributed by atoms with van der Waals surface area (Å²) in [6.07, 6.45) is -4.02. The number of aromatic nitrogens is 2. The SMILES string of the molecule is COc1ccnc(N2CCC(C(=O)O)(C(F)(F)F)C2)n1. The van der Waals surface area contributed by atoms with Gasteiger partial charge in [0.1, 0.15) is 0 Å². The molecule has 1 atom stereocenters. The Kier molecular flexibility index (Phi) is 3.45. The number of rotatable bonds is 3. The number of aliphatic carboxylic acids is 1. The zero-order valence-corrected chi connectivity index (χ0v) is 10.5. The first-order valence-electron chi connectivity index (χ1n) is 5.72. The lowest BCUT2D eigenvalue weighted by atomic mass is 9.86. The number of ether oxygens (including phenoxy) is 1. The van der Waals surface area contributed by atoms with Gasteiger partial charge in [0.25, 0.3) is 0 Å². The minimum Gasteiger partial charge on any atom is -0.481 e. The summed E-state index contributed by atoms with van der Waals surface area (Å²) in [5.41, 5.74) is -2.78. The smallest absolute Gasteiger partial charge is 0.406 e. The molecule has 0 aromatic carbocycles. The van der Waals surface area contributed by atoms with Gasteiger partial charge in [-0.05, 0) is 6.42 Å². The maximum absolute atomic E-state index is 13.0. The second-order valence-corrected chi connectivity index (χ2v) is 4.46. The maximum atomic E-state index is 13.0. The second kappa shape index (κ2) is 4.80. The van der Waals surface area contributed by atoms with Crippen LogP contribution in [0.4, 0.5) is 19.1 Å². The van der Waals surface area contributed by atoms with Crippen LogP contribution in [0.25, 0.3) is 0 Å². The van der Waals surface area contributed by atoms with Crippen molar-refractivity contribution in [2.24, 2.45) is 5.41 Å². The third-order valence-corrected chi connectivity index (χ3v) is 3.33. The molecule has 20 heavy (non-hydrogen) atoms. The van der Waals surface area contributed by atoms with Crippen LogP contribution >= 0.6 is 0 Å². The van der Waals surface area contributed by atoms with Gasteiger partial charge >= 0.3 is 12.1 Å². The Balaban J connectivity index is 2.29. The second-order valence-electron chi connectivity index (χ2n) is 4.46. The molecule has 1 saturated heterocycles. The van der Waals surface area contributed by atoms with E-state index < -0.39 is 30.5 Å². The number of carboxylic acids is 1. The van der Waals surface area contributed by atoms with Crippen LogP contribution in [-0.4, -0.2) is 47.4 Å². The highest BCUT2D eigenvalue weighted by Gasteiger charge is 2.64. The molecule has 0 radical (unpaired) electrons. The van der Waals surface area contributed by atoms with Crippen molar-refractivity contribution in [1.82, 2.24) is 9.97 Å². The molecule has 1 aliphatic heterocycles. The number of hydrogen-bond acceptors (Lipinski definition) is 5. The van der Waals surface area contributed by atoms with Crippen LogP contribution in [0.15, 0.2) is 12.3 Å². The minimum atomic E-state index is -4.83. The summed E-state index contributed by atoms with van der Waals surface area (Å²) in [4.78, 5) is 20.0. The monoisotopic (exact) mass is 291 g/mol. The quantitative estimate of drug-likeness (QED) is 0.905. The zero-order valence-electron chi connectivity index (χ0n) is 10.5. The van der Waals surface area contributed by atoms with Crippen molar-refractivity contribution in [2.45, 2.75) is 12.6 Å². The van der Waals surface area contributed by atoms with Gasteiger partial charge in [0.2, 0.25) is 11.8 Å². The number of carbonyl (C=O) groups is 1. The molecule has 1 N–H and O–H groups in total. The molecule has 0 spiro atoms. The van der Waals surface area contributed by atoms with E-state index in [1.165, 1.54) is 24.3 Å². The number of hydrogen-bond donors (Lipinski definition) is 1. The summed E-state index contributed by atoms with van der Waals surface area (Å²) in [5.74, 6) is -1.65. The topological polar surface area (TPSA) is 75.5 Å². The van der Waals surface area contributed by atoms with Crippen molar-refractivity contribution in [1.29, 1.82) is 0 Å². The zero-order chi connectivity index (χ0) is 15.0. The average molecular weight is 291 g/mol. The molecule has 2 rings (SSSR count). The summed E-state index contributed by atoms with van der Waals surface area (Å²) in [6.45, 7) is -0.794. The highest BCUT2D eigenvalue weighted by atomic mass is 19.4. The van der Waals surface area contributed by atoms with Crippen LogP contribution in [0.1, 0.15) is 6.42 Å². The molecule has 1 aromatic rings. The standard InChI is InChI=1S/C11H12F3N3O3/c1-20-7-2-4-15-9(16-7)17-5-3-10(6-17,8(18)19)11(12,13)14/h2,4H,3,5-6H2,1H3,(H,18,19). The van der Waals surface area contributed by atoms with Gasteiger partial charge in [-0.1, -0.05) is 0 Å². The molecular weight excluding hydrogens is 279 g/mol. The molecule has 1 fully saturated rings. The van der Waals surface area contributed by atoms with Crippen LogP contribution in [0.2, 0.25) is 0 Å². The van der Waals surface area contributed by atoms with Gasteiger partial charge in [0.05, 0.1) is 7.11 Å². The Labute approximate surface area is 112 Å². The van der Waals surface area contributed by atoms with Gasteiger partial charge in [0.15, 0.2) is 5.41 Å². The molecular formula is C11H12F3N3O3. The van der Waals surface area contributed by atoms with E-state index in [2.05, 4.69) is 9.97 Å². The molecule has 9 heteroatoms. The lowest BCUT2D eigenvalue weighted by molar-refractivity contribution is -0.225. The van der Waals surface area contributed by atoms with E-state index in [1.54, 1.807) is 0 Å². The predicted molar refractivity (Wildman–Crippen MR) is 61.5 cm³/mol. The van der Waals surface area contributed by atoms with Crippen LogP contribution < -0.4 is 9.64 Å². The Morgan fingerprint density at radius 3 is 2.75 bits per heavy atom. The summed E-state index contributed by atoms with van der Waals surface area (Å²) in [5, 5.41) is 8.95. The lowest BCUT2D eigenvalue weighted by Crippen LogP contribution is -2.47. The first-order chi connectivity index (χ1) is 9.30. The third-order valence-electron chi connectivity index (χ3n) is 3.33. The minimum absolute atomic E-state index is 0.0247. The number of methoxy groups -OCH3 is 1. The van der Waals surface area contributed by atoms with Crippen molar-refractivity contribution < 1.29 is 27.8 Å². The van der Waals surface area contributed by atoms with E-state index in [4.69, 9.17) is 9.84 Å². The van der Waals surface area contributed by atoms with E-state index in [0.29, 0.717) is 0 Å². The molecule has 2 heterocycles. The van der Waals surface area contributed by atoms with E-state index >= 15 is 0 Å². The van der Waals surface area contributed by atoms with Crippen molar-refractivity contribution in [3.05, 3.63) is 12.3 Å². The fourth-order valence-electron chi connectivity index (χ4n) is 2.11. The summed E-state index contributed by atoms with van der Waals surface area (Å²) >= 11 is 0. The average Bonchev–Trinajstić information content (AvgIpc) is 2.85. The summed E-state index contributed by atoms with van der Waals surface area (Å²) in [6, 6.07) is 1.45. The van der Waals surface area contributed by atoms with E-state index in [1.807, 2.05) is 0 Å². The normalized spacial score (nSPS) is 22.9. The number of alkyl halides is 3. The van der Waals surface area contributed by atoms with Crippen LogP contribution in [-0.2, 0) is 4.79 Å². The fourth-order valence-corrected chi connectivity index (χ4v) is 2.11. The number of carboxylic acid groups (broad SMARTS) is 1. The lowest BCUT2D eigenvalue weighted by Gasteiger charge is -2.27. The molecule has 0 saturated carbocycles.